The maximum absolute atomic E-state index is 11.8. The van der Waals surface area contributed by atoms with Crippen molar-refractivity contribution in [3.05, 3.63) is 62.5 Å². The van der Waals surface area contributed by atoms with Crippen molar-refractivity contribution >= 4 is 21.8 Å². The monoisotopic (exact) mass is 406 g/mol. The van der Waals surface area contributed by atoms with E-state index in [1.165, 1.54) is 6.07 Å². The number of unbranched alkanes of at least 4 members (excludes halogenated alkanes) is 1. The molecule has 6 heteroatoms. The van der Waals surface area contributed by atoms with Crippen molar-refractivity contribution in [3.63, 3.8) is 0 Å². The summed E-state index contributed by atoms with van der Waals surface area (Å²) in [6.45, 7) is 5.20. The number of aryl methyl sites for hydroxylation is 2. The van der Waals surface area contributed by atoms with Crippen molar-refractivity contribution in [2.24, 2.45) is 0 Å². The molecule has 0 fully saturated rings. The number of nitrogens with one attached hydrogen (secondary N) is 1. The molecule has 0 saturated heterocycles. The summed E-state index contributed by atoms with van der Waals surface area (Å²) >= 11 is 3.35. The molecule has 0 bridgehead atoms. The average molecular weight is 407 g/mol. The van der Waals surface area contributed by atoms with Crippen LogP contribution in [0.15, 0.2) is 45.8 Å². The predicted molar refractivity (Wildman–Crippen MR) is 102 cm³/mol. The first-order chi connectivity index (χ1) is 12.0. The number of hydrogen-bond acceptors (Lipinski definition) is 3. The topological polar surface area (TPSA) is 60.3 Å². The van der Waals surface area contributed by atoms with Gasteiger partial charge in [0.05, 0.1) is 0 Å². The summed E-state index contributed by atoms with van der Waals surface area (Å²) in [6.07, 6.45) is 3.39. The average Bonchev–Trinajstić information content (AvgIpc) is 2.59. The molecule has 2 rings (SSSR count). The predicted octanol–water partition coefficient (Wildman–Crippen LogP) is 3.20. The fourth-order valence-corrected chi connectivity index (χ4v) is 2.77. The third kappa shape index (κ3) is 6.05. The number of ether oxygens (including phenoxy) is 1. The molecule has 0 atom stereocenters. The molecule has 1 N–H and O–H groups in total. The second kappa shape index (κ2) is 9.42. The molecular formula is C19H23BrN2O3. The fraction of sp³-hybridized carbons (Fsp3) is 0.368. The standard InChI is InChI=1S/C19H23BrN2O3/c1-14-6-5-7-17(15(14)2)25-13-18(23)21-10-3-4-11-22-12-16(20)8-9-19(22)24/h5-9,12H,3-4,10-11,13H2,1-2H3,(H,21,23). The van der Waals surface area contributed by atoms with Gasteiger partial charge in [0.25, 0.3) is 11.5 Å². The van der Waals surface area contributed by atoms with Gasteiger partial charge < -0.3 is 14.6 Å². The van der Waals surface area contributed by atoms with Gasteiger partial charge in [-0.3, -0.25) is 9.59 Å². The van der Waals surface area contributed by atoms with Crippen molar-refractivity contribution in [2.75, 3.05) is 13.2 Å². The number of aromatic nitrogens is 1. The highest BCUT2D eigenvalue weighted by Gasteiger charge is 2.05. The lowest BCUT2D eigenvalue weighted by molar-refractivity contribution is -0.123. The lowest BCUT2D eigenvalue weighted by Gasteiger charge is -2.11. The van der Waals surface area contributed by atoms with E-state index in [1.54, 1.807) is 16.8 Å². The number of carbonyl (C=O) groups is 1. The van der Waals surface area contributed by atoms with Gasteiger partial charge in [-0.05, 0) is 65.9 Å². The van der Waals surface area contributed by atoms with Crippen LogP contribution >= 0.6 is 15.9 Å². The smallest absolute Gasteiger partial charge is 0.257 e. The van der Waals surface area contributed by atoms with Crippen LogP contribution in [-0.4, -0.2) is 23.6 Å². The molecule has 1 amide bonds. The van der Waals surface area contributed by atoms with Crippen LogP contribution in [0.5, 0.6) is 5.75 Å². The summed E-state index contributed by atoms with van der Waals surface area (Å²) in [6, 6.07) is 9.06. The number of hydrogen-bond donors (Lipinski definition) is 1. The van der Waals surface area contributed by atoms with Crippen molar-refractivity contribution in [1.29, 1.82) is 0 Å². The zero-order chi connectivity index (χ0) is 18.2. The summed E-state index contributed by atoms with van der Waals surface area (Å²) in [5.41, 5.74) is 2.17. The summed E-state index contributed by atoms with van der Waals surface area (Å²) < 4.78 is 8.11. The fourth-order valence-electron chi connectivity index (χ4n) is 2.39. The van der Waals surface area contributed by atoms with E-state index in [9.17, 15) is 9.59 Å². The SMILES string of the molecule is Cc1cccc(OCC(=O)NCCCCn2cc(Br)ccc2=O)c1C. The van der Waals surface area contributed by atoms with Gasteiger partial charge >= 0.3 is 0 Å². The highest BCUT2D eigenvalue weighted by atomic mass is 79.9. The second-order valence-electron chi connectivity index (χ2n) is 5.92. The van der Waals surface area contributed by atoms with E-state index < -0.39 is 0 Å². The normalized spacial score (nSPS) is 10.5. The minimum atomic E-state index is -0.138. The number of pyridine rings is 1. The minimum Gasteiger partial charge on any atom is -0.483 e. The van der Waals surface area contributed by atoms with Gasteiger partial charge in [-0.1, -0.05) is 12.1 Å². The van der Waals surface area contributed by atoms with E-state index in [-0.39, 0.29) is 18.1 Å². The Morgan fingerprint density at radius 1 is 1.20 bits per heavy atom. The van der Waals surface area contributed by atoms with Crippen LogP contribution in [0.3, 0.4) is 0 Å². The molecule has 0 aliphatic carbocycles. The largest absolute Gasteiger partial charge is 0.483 e. The maximum atomic E-state index is 11.8. The molecule has 134 valence electrons. The first-order valence-electron chi connectivity index (χ1n) is 8.29. The maximum Gasteiger partial charge on any atom is 0.257 e. The Hall–Kier alpha value is -2.08. The quantitative estimate of drug-likeness (QED) is 0.684. The van der Waals surface area contributed by atoms with E-state index in [4.69, 9.17) is 4.74 Å². The van der Waals surface area contributed by atoms with E-state index in [2.05, 4.69) is 21.2 Å². The Morgan fingerprint density at radius 3 is 2.80 bits per heavy atom. The van der Waals surface area contributed by atoms with Crippen LogP contribution in [0.4, 0.5) is 0 Å². The third-order valence-electron chi connectivity index (χ3n) is 4.01. The molecule has 0 saturated carbocycles. The molecule has 0 aliphatic heterocycles. The van der Waals surface area contributed by atoms with E-state index >= 15 is 0 Å². The van der Waals surface area contributed by atoms with Gasteiger partial charge in [0.15, 0.2) is 6.61 Å². The molecule has 2 aromatic rings. The molecule has 1 heterocycles. The molecule has 0 spiro atoms. The van der Waals surface area contributed by atoms with Gasteiger partial charge in [0, 0.05) is 29.8 Å². The molecule has 0 aliphatic rings. The Bertz CT molecular complexity index is 786. The van der Waals surface area contributed by atoms with Gasteiger partial charge in [0.1, 0.15) is 5.75 Å². The van der Waals surface area contributed by atoms with Crippen LogP contribution in [0.2, 0.25) is 0 Å². The van der Waals surface area contributed by atoms with E-state index in [1.807, 2.05) is 32.0 Å². The van der Waals surface area contributed by atoms with Gasteiger partial charge in [-0.25, -0.2) is 0 Å². The minimum absolute atomic E-state index is 0.00931. The molecule has 1 aromatic heterocycles. The van der Waals surface area contributed by atoms with Gasteiger partial charge in [0.2, 0.25) is 0 Å². The highest BCUT2D eigenvalue weighted by Crippen LogP contribution is 2.20. The zero-order valence-electron chi connectivity index (χ0n) is 14.5. The third-order valence-corrected chi connectivity index (χ3v) is 4.48. The van der Waals surface area contributed by atoms with Crippen LogP contribution in [0, 0.1) is 13.8 Å². The Labute approximate surface area is 156 Å². The summed E-state index contributed by atoms with van der Waals surface area (Å²) in [7, 11) is 0. The van der Waals surface area contributed by atoms with E-state index in [0.717, 1.165) is 34.2 Å². The van der Waals surface area contributed by atoms with Crippen LogP contribution < -0.4 is 15.6 Å². The number of benzene rings is 1. The number of amides is 1. The molecule has 0 unspecified atom stereocenters. The second-order valence-corrected chi connectivity index (χ2v) is 6.84. The lowest BCUT2D eigenvalue weighted by Crippen LogP contribution is -2.30. The van der Waals surface area contributed by atoms with Crippen LogP contribution in [0.25, 0.3) is 0 Å². The van der Waals surface area contributed by atoms with Crippen LogP contribution in [0.1, 0.15) is 24.0 Å². The first-order valence-corrected chi connectivity index (χ1v) is 9.08. The molecule has 1 aromatic carbocycles. The summed E-state index contributed by atoms with van der Waals surface area (Å²) in [5, 5.41) is 2.84. The lowest BCUT2D eigenvalue weighted by atomic mass is 10.1. The van der Waals surface area contributed by atoms with E-state index in [0.29, 0.717) is 13.1 Å². The Morgan fingerprint density at radius 2 is 2.00 bits per heavy atom. The first kappa shape index (κ1) is 19.2. The molecular weight excluding hydrogens is 384 g/mol. The Balaban J connectivity index is 1.66. The Kier molecular flexibility index (Phi) is 7.25. The molecule has 0 radical (unpaired) electrons. The molecule has 25 heavy (non-hydrogen) atoms. The van der Waals surface area contributed by atoms with Crippen LogP contribution in [-0.2, 0) is 11.3 Å². The molecule has 5 nitrogen and oxygen atoms in total. The summed E-state index contributed by atoms with van der Waals surface area (Å²) in [5.74, 6) is 0.602. The van der Waals surface area contributed by atoms with Gasteiger partial charge in [-0.15, -0.1) is 0 Å². The van der Waals surface area contributed by atoms with Gasteiger partial charge in [-0.2, -0.15) is 0 Å². The summed E-state index contributed by atoms with van der Waals surface area (Å²) in [4.78, 5) is 23.5. The number of rotatable bonds is 8. The van der Waals surface area contributed by atoms with Crippen molar-refractivity contribution in [1.82, 2.24) is 9.88 Å². The number of nitrogens with zero attached hydrogens (tertiary/aromatic N) is 1. The van der Waals surface area contributed by atoms with Crippen molar-refractivity contribution in [3.8, 4) is 5.75 Å². The highest BCUT2D eigenvalue weighted by molar-refractivity contribution is 9.10. The zero-order valence-corrected chi connectivity index (χ0v) is 16.1. The van der Waals surface area contributed by atoms with Crippen molar-refractivity contribution in [2.45, 2.75) is 33.2 Å². The number of halogens is 1. The van der Waals surface area contributed by atoms with Crippen molar-refractivity contribution < 1.29 is 9.53 Å². The number of carbonyl (C=O) groups excluding carboxylic acids is 1.